The Morgan fingerprint density at radius 2 is 2.10 bits per heavy atom. The van der Waals surface area contributed by atoms with Gasteiger partial charge in [0.05, 0.1) is 11.2 Å². The topological polar surface area (TPSA) is 77.2 Å². The summed E-state index contributed by atoms with van der Waals surface area (Å²) in [6, 6.07) is 7.68. The highest BCUT2D eigenvalue weighted by Crippen LogP contribution is 2.26. The number of hydrogen-bond donors (Lipinski definition) is 2. The van der Waals surface area contributed by atoms with Crippen LogP contribution in [0.5, 0.6) is 0 Å². The number of nitrogens with two attached hydrogens (primary N) is 1. The van der Waals surface area contributed by atoms with Gasteiger partial charge in [-0.05, 0) is 43.5 Å². The molecule has 2 heterocycles. The number of carbonyl (C=O) groups is 1. The van der Waals surface area contributed by atoms with Gasteiger partial charge in [-0.3, -0.25) is 9.78 Å². The summed E-state index contributed by atoms with van der Waals surface area (Å²) in [5, 5.41) is 3.89. The fraction of sp³-hybridized carbons (Fsp3) is 0.375. The van der Waals surface area contributed by atoms with Gasteiger partial charge in [-0.1, -0.05) is 6.07 Å². The Morgan fingerprint density at radius 3 is 2.86 bits per heavy atom. The van der Waals surface area contributed by atoms with Gasteiger partial charge >= 0.3 is 0 Å². The smallest absolute Gasteiger partial charge is 0.244 e. The van der Waals surface area contributed by atoms with Gasteiger partial charge in [-0.2, -0.15) is 0 Å². The molecule has 1 fully saturated rings. The van der Waals surface area contributed by atoms with Crippen molar-refractivity contribution in [2.24, 2.45) is 5.73 Å². The Labute approximate surface area is 123 Å². The van der Waals surface area contributed by atoms with Crippen LogP contribution in [0.4, 0.5) is 5.69 Å². The summed E-state index contributed by atoms with van der Waals surface area (Å²) < 4.78 is 5.28. The van der Waals surface area contributed by atoms with Crippen LogP contribution in [0.2, 0.25) is 0 Å². The molecule has 1 saturated heterocycles. The molecule has 5 heteroatoms. The molecule has 0 radical (unpaired) electrons. The van der Waals surface area contributed by atoms with Gasteiger partial charge in [0.2, 0.25) is 5.91 Å². The van der Waals surface area contributed by atoms with E-state index in [0.29, 0.717) is 26.1 Å². The molecule has 2 aromatic rings. The number of pyridine rings is 1. The summed E-state index contributed by atoms with van der Waals surface area (Å²) >= 11 is 0. The minimum Gasteiger partial charge on any atom is -0.381 e. The second-order valence-corrected chi connectivity index (χ2v) is 5.55. The number of nitrogens with one attached hydrogen (secondary N) is 1. The number of carbonyl (C=O) groups excluding carboxylic acids is 1. The van der Waals surface area contributed by atoms with Crippen molar-refractivity contribution in [1.82, 2.24) is 4.98 Å². The molecule has 0 spiro atoms. The number of benzene rings is 1. The summed E-state index contributed by atoms with van der Waals surface area (Å²) in [7, 11) is 0. The molecule has 1 aliphatic rings. The van der Waals surface area contributed by atoms with Gasteiger partial charge in [0.25, 0.3) is 0 Å². The van der Waals surface area contributed by atoms with E-state index in [0.717, 1.165) is 22.2 Å². The van der Waals surface area contributed by atoms with E-state index in [9.17, 15) is 4.79 Å². The number of amides is 1. The molecule has 21 heavy (non-hydrogen) atoms. The molecule has 0 saturated carbocycles. The van der Waals surface area contributed by atoms with Crippen LogP contribution in [0.15, 0.2) is 30.5 Å². The van der Waals surface area contributed by atoms with Crippen molar-refractivity contribution in [3.05, 3.63) is 36.0 Å². The Kier molecular flexibility index (Phi) is 3.61. The van der Waals surface area contributed by atoms with Gasteiger partial charge in [0.15, 0.2) is 0 Å². The second kappa shape index (κ2) is 5.42. The number of ether oxygens (including phenoxy) is 1. The maximum absolute atomic E-state index is 12.5. The molecular formula is C16H19N3O2. The quantitative estimate of drug-likeness (QED) is 0.884. The highest BCUT2D eigenvalue weighted by molar-refractivity contribution is 6.05. The first-order valence-corrected chi connectivity index (χ1v) is 7.13. The molecular weight excluding hydrogens is 266 g/mol. The van der Waals surface area contributed by atoms with Crippen LogP contribution < -0.4 is 11.1 Å². The lowest BCUT2D eigenvalue weighted by molar-refractivity contribution is -0.124. The Morgan fingerprint density at radius 1 is 1.33 bits per heavy atom. The first kappa shape index (κ1) is 14.0. The zero-order valence-electron chi connectivity index (χ0n) is 12.1. The number of rotatable bonds is 2. The normalized spacial score (nSPS) is 17.6. The molecule has 0 atom stereocenters. The third-order valence-electron chi connectivity index (χ3n) is 4.06. The first-order chi connectivity index (χ1) is 10.1. The largest absolute Gasteiger partial charge is 0.381 e. The number of hydrogen-bond acceptors (Lipinski definition) is 4. The third kappa shape index (κ3) is 2.62. The van der Waals surface area contributed by atoms with Gasteiger partial charge in [-0.15, -0.1) is 0 Å². The first-order valence-electron chi connectivity index (χ1n) is 7.13. The highest BCUT2D eigenvalue weighted by Gasteiger charge is 2.36. The molecule has 0 bridgehead atoms. The van der Waals surface area contributed by atoms with Crippen LogP contribution in [-0.4, -0.2) is 29.6 Å². The van der Waals surface area contributed by atoms with Crippen molar-refractivity contribution in [3.63, 3.8) is 0 Å². The Bertz CT molecular complexity index is 678. The number of fused-ring (bicyclic) bond motifs is 1. The fourth-order valence-corrected chi connectivity index (χ4v) is 2.63. The van der Waals surface area contributed by atoms with Crippen molar-refractivity contribution >= 4 is 22.5 Å². The minimum atomic E-state index is -0.850. The Hall–Kier alpha value is -1.98. The predicted molar refractivity (Wildman–Crippen MR) is 82.1 cm³/mol. The summed E-state index contributed by atoms with van der Waals surface area (Å²) in [6.45, 7) is 3.06. The van der Waals surface area contributed by atoms with Crippen LogP contribution in [0.3, 0.4) is 0 Å². The number of nitrogens with zero attached hydrogens (tertiary/aromatic N) is 1. The van der Waals surface area contributed by atoms with Gasteiger partial charge in [-0.25, -0.2) is 0 Å². The van der Waals surface area contributed by atoms with E-state index in [1.165, 1.54) is 0 Å². The van der Waals surface area contributed by atoms with E-state index in [1.807, 2.05) is 31.2 Å². The number of aromatic nitrogens is 1. The molecule has 1 aromatic carbocycles. The predicted octanol–water partition coefficient (Wildman–Crippen LogP) is 1.99. The summed E-state index contributed by atoms with van der Waals surface area (Å²) in [6.07, 6.45) is 2.84. The molecule has 5 nitrogen and oxygen atoms in total. The van der Waals surface area contributed by atoms with Crippen LogP contribution in [0, 0.1) is 6.92 Å². The maximum atomic E-state index is 12.5. The standard InChI is InChI=1S/C16H19N3O2/c1-11-4-5-13(12-3-2-8-18-14(11)12)19-15(20)16(17)6-9-21-10-7-16/h2-5,8H,6-7,9-10,17H2,1H3,(H,19,20). The van der Waals surface area contributed by atoms with E-state index in [4.69, 9.17) is 10.5 Å². The van der Waals surface area contributed by atoms with Gasteiger partial charge < -0.3 is 15.8 Å². The molecule has 1 aliphatic heterocycles. The third-order valence-corrected chi connectivity index (χ3v) is 4.06. The van der Waals surface area contributed by atoms with Crippen LogP contribution in [0.25, 0.3) is 10.9 Å². The van der Waals surface area contributed by atoms with Gasteiger partial charge in [0, 0.05) is 24.8 Å². The molecule has 3 N–H and O–H groups in total. The second-order valence-electron chi connectivity index (χ2n) is 5.55. The lowest BCUT2D eigenvalue weighted by atomic mass is 9.90. The van der Waals surface area contributed by atoms with Gasteiger partial charge in [0.1, 0.15) is 5.54 Å². The molecule has 0 aliphatic carbocycles. The zero-order chi connectivity index (χ0) is 14.9. The lowest BCUT2D eigenvalue weighted by Crippen LogP contribution is -2.54. The number of aryl methyl sites for hydroxylation is 1. The summed E-state index contributed by atoms with van der Waals surface area (Å²) in [5.74, 6) is -0.153. The molecule has 0 unspecified atom stereocenters. The van der Waals surface area contributed by atoms with Crippen LogP contribution in [0.1, 0.15) is 18.4 Å². The number of anilines is 1. The SMILES string of the molecule is Cc1ccc(NC(=O)C2(N)CCOCC2)c2cccnc12. The highest BCUT2D eigenvalue weighted by atomic mass is 16.5. The van der Waals surface area contributed by atoms with E-state index in [2.05, 4.69) is 10.3 Å². The van der Waals surface area contributed by atoms with E-state index in [1.54, 1.807) is 6.20 Å². The minimum absolute atomic E-state index is 0.153. The fourth-order valence-electron chi connectivity index (χ4n) is 2.63. The lowest BCUT2D eigenvalue weighted by Gasteiger charge is -2.31. The van der Waals surface area contributed by atoms with E-state index in [-0.39, 0.29) is 5.91 Å². The molecule has 1 aromatic heterocycles. The monoisotopic (exact) mass is 285 g/mol. The molecule has 110 valence electrons. The van der Waals surface area contributed by atoms with Crippen molar-refractivity contribution in [1.29, 1.82) is 0 Å². The van der Waals surface area contributed by atoms with E-state index < -0.39 is 5.54 Å². The van der Waals surface area contributed by atoms with Crippen molar-refractivity contribution in [2.75, 3.05) is 18.5 Å². The van der Waals surface area contributed by atoms with Crippen molar-refractivity contribution in [2.45, 2.75) is 25.3 Å². The zero-order valence-corrected chi connectivity index (χ0v) is 12.1. The van der Waals surface area contributed by atoms with Crippen LogP contribution in [-0.2, 0) is 9.53 Å². The average molecular weight is 285 g/mol. The van der Waals surface area contributed by atoms with Crippen molar-refractivity contribution < 1.29 is 9.53 Å². The average Bonchev–Trinajstić information content (AvgIpc) is 2.51. The maximum Gasteiger partial charge on any atom is 0.244 e. The summed E-state index contributed by atoms with van der Waals surface area (Å²) in [5.41, 5.74) is 8.10. The van der Waals surface area contributed by atoms with Crippen LogP contribution >= 0.6 is 0 Å². The Balaban J connectivity index is 1.91. The molecule has 1 amide bonds. The summed E-state index contributed by atoms with van der Waals surface area (Å²) in [4.78, 5) is 16.9. The van der Waals surface area contributed by atoms with Crippen molar-refractivity contribution in [3.8, 4) is 0 Å². The van der Waals surface area contributed by atoms with E-state index >= 15 is 0 Å². The molecule has 3 rings (SSSR count).